The second-order valence-corrected chi connectivity index (χ2v) is 4.16. The number of carbonyl (C=O) groups is 1. The van der Waals surface area contributed by atoms with Gasteiger partial charge in [-0.1, -0.05) is 0 Å². The molecule has 2 aromatic heterocycles. The van der Waals surface area contributed by atoms with Crippen LogP contribution in [0.4, 0.5) is 0 Å². The largest absolute Gasteiger partial charge is 0.366 e. The lowest BCUT2D eigenvalue weighted by Gasteiger charge is -2.04. The predicted molar refractivity (Wildman–Crippen MR) is 69.9 cm³/mol. The van der Waals surface area contributed by atoms with Gasteiger partial charge < -0.3 is 5.73 Å². The fraction of sp³-hybridized carbons (Fsp3) is 0.0769. The zero-order chi connectivity index (χ0) is 13.4. The molecule has 0 aliphatic carbocycles. The van der Waals surface area contributed by atoms with Gasteiger partial charge in [-0.3, -0.25) is 9.36 Å². The first-order chi connectivity index (χ1) is 9.16. The molecule has 3 rings (SSSR count). The van der Waals surface area contributed by atoms with Crippen LogP contribution in [0.2, 0.25) is 0 Å². The first-order valence-electron chi connectivity index (χ1n) is 5.71. The molecule has 0 spiro atoms. The maximum absolute atomic E-state index is 11.0. The summed E-state index contributed by atoms with van der Waals surface area (Å²) in [6.07, 6.45) is 3.19. The van der Waals surface area contributed by atoms with Crippen LogP contribution in [0, 0.1) is 6.92 Å². The third kappa shape index (κ3) is 1.83. The monoisotopic (exact) mass is 253 g/mol. The maximum atomic E-state index is 11.0. The Bertz CT molecular complexity index is 760. The number of hydrogen-bond donors (Lipinski definition) is 1. The Morgan fingerprint density at radius 3 is 2.58 bits per heavy atom. The molecular formula is C13H11N5O. The summed E-state index contributed by atoms with van der Waals surface area (Å²) in [4.78, 5) is 23.7. The summed E-state index contributed by atoms with van der Waals surface area (Å²) >= 11 is 0. The van der Waals surface area contributed by atoms with Gasteiger partial charge >= 0.3 is 0 Å². The minimum Gasteiger partial charge on any atom is -0.366 e. The summed E-state index contributed by atoms with van der Waals surface area (Å²) in [6.45, 7) is 1.89. The maximum Gasteiger partial charge on any atom is 0.248 e. The second kappa shape index (κ2) is 4.16. The highest BCUT2D eigenvalue weighted by Crippen LogP contribution is 2.17. The molecule has 6 nitrogen and oxygen atoms in total. The Hall–Kier alpha value is -2.76. The molecule has 94 valence electrons. The van der Waals surface area contributed by atoms with Crippen molar-refractivity contribution >= 4 is 17.1 Å². The van der Waals surface area contributed by atoms with Crippen molar-refractivity contribution in [2.75, 3.05) is 0 Å². The summed E-state index contributed by atoms with van der Waals surface area (Å²) in [5, 5.41) is 0. The van der Waals surface area contributed by atoms with Gasteiger partial charge in [0.1, 0.15) is 18.2 Å². The fourth-order valence-corrected chi connectivity index (χ4v) is 1.93. The van der Waals surface area contributed by atoms with Gasteiger partial charge in [0.15, 0.2) is 5.65 Å². The molecule has 2 heterocycles. The third-order valence-electron chi connectivity index (χ3n) is 2.95. The Morgan fingerprint density at radius 1 is 1.16 bits per heavy atom. The van der Waals surface area contributed by atoms with Gasteiger partial charge in [0.2, 0.25) is 5.91 Å². The predicted octanol–water partition coefficient (Wildman–Crippen LogP) is 1.22. The van der Waals surface area contributed by atoms with E-state index in [-0.39, 0.29) is 0 Å². The molecule has 0 fully saturated rings. The number of benzene rings is 1. The number of fused-ring (bicyclic) bond motifs is 1. The van der Waals surface area contributed by atoms with Crippen molar-refractivity contribution < 1.29 is 4.79 Å². The molecule has 0 bridgehead atoms. The zero-order valence-corrected chi connectivity index (χ0v) is 10.2. The van der Waals surface area contributed by atoms with Crippen LogP contribution < -0.4 is 5.73 Å². The van der Waals surface area contributed by atoms with Gasteiger partial charge in [-0.15, -0.1) is 0 Å². The van der Waals surface area contributed by atoms with E-state index in [1.807, 2.05) is 11.5 Å². The number of rotatable bonds is 2. The Kier molecular flexibility index (Phi) is 2.49. The summed E-state index contributed by atoms with van der Waals surface area (Å²) in [5.41, 5.74) is 8.88. The molecular weight excluding hydrogens is 242 g/mol. The van der Waals surface area contributed by atoms with Crippen LogP contribution in [0.1, 0.15) is 16.1 Å². The van der Waals surface area contributed by atoms with E-state index in [4.69, 9.17) is 5.73 Å². The van der Waals surface area contributed by atoms with E-state index in [1.165, 1.54) is 6.33 Å². The number of carbonyl (C=O) groups excluding carboxylic acids is 1. The Labute approximate surface area is 108 Å². The fourth-order valence-electron chi connectivity index (χ4n) is 1.93. The van der Waals surface area contributed by atoms with Crippen LogP contribution in [0.5, 0.6) is 0 Å². The average molecular weight is 253 g/mol. The van der Waals surface area contributed by atoms with E-state index in [0.717, 1.165) is 22.5 Å². The van der Waals surface area contributed by atoms with E-state index in [0.29, 0.717) is 5.56 Å². The van der Waals surface area contributed by atoms with Gasteiger partial charge in [-0.2, -0.15) is 0 Å². The average Bonchev–Trinajstić information content (AvgIpc) is 2.84. The van der Waals surface area contributed by atoms with Crippen molar-refractivity contribution in [3.8, 4) is 5.69 Å². The number of nitrogens with two attached hydrogens (primary N) is 1. The van der Waals surface area contributed by atoms with Crippen molar-refractivity contribution in [1.82, 2.24) is 19.5 Å². The molecule has 1 amide bonds. The normalized spacial score (nSPS) is 10.8. The van der Waals surface area contributed by atoms with Crippen LogP contribution in [0.25, 0.3) is 16.9 Å². The first kappa shape index (κ1) is 11.3. The lowest BCUT2D eigenvalue weighted by atomic mass is 10.2. The lowest BCUT2D eigenvalue weighted by Crippen LogP contribution is -2.10. The highest BCUT2D eigenvalue weighted by atomic mass is 16.1. The van der Waals surface area contributed by atoms with Gasteiger partial charge in [-0.25, -0.2) is 15.0 Å². The van der Waals surface area contributed by atoms with E-state index in [1.54, 1.807) is 30.6 Å². The van der Waals surface area contributed by atoms with Crippen molar-refractivity contribution in [2.45, 2.75) is 6.92 Å². The van der Waals surface area contributed by atoms with Crippen molar-refractivity contribution in [3.05, 3.63) is 48.2 Å². The zero-order valence-electron chi connectivity index (χ0n) is 10.2. The summed E-state index contributed by atoms with van der Waals surface area (Å²) in [6, 6.07) is 6.96. The van der Waals surface area contributed by atoms with Gasteiger partial charge in [0.05, 0.1) is 5.69 Å². The van der Waals surface area contributed by atoms with Crippen molar-refractivity contribution in [1.29, 1.82) is 0 Å². The van der Waals surface area contributed by atoms with E-state index in [2.05, 4.69) is 15.0 Å². The molecule has 19 heavy (non-hydrogen) atoms. The molecule has 0 saturated carbocycles. The quantitative estimate of drug-likeness (QED) is 0.744. The topological polar surface area (TPSA) is 86.7 Å². The molecule has 3 aromatic rings. The molecule has 2 N–H and O–H groups in total. The Morgan fingerprint density at radius 2 is 1.89 bits per heavy atom. The van der Waals surface area contributed by atoms with Gasteiger partial charge in [0, 0.05) is 11.3 Å². The molecule has 1 aromatic carbocycles. The second-order valence-electron chi connectivity index (χ2n) is 4.16. The van der Waals surface area contributed by atoms with Gasteiger partial charge in [-0.05, 0) is 31.2 Å². The smallest absolute Gasteiger partial charge is 0.248 e. The van der Waals surface area contributed by atoms with Crippen molar-refractivity contribution in [2.24, 2.45) is 5.73 Å². The number of hydrogen-bond acceptors (Lipinski definition) is 4. The van der Waals surface area contributed by atoms with Crippen molar-refractivity contribution in [3.63, 3.8) is 0 Å². The first-order valence-corrected chi connectivity index (χ1v) is 5.71. The number of nitrogens with zero attached hydrogens (tertiary/aromatic N) is 4. The summed E-state index contributed by atoms with van der Waals surface area (Å²) < 4.78 is 1.84. The number of aromatic nitrogens is 4. The number of amides is 1. The van der Waals surface area contributed by atoms with Crippen LogP contribution >= 0.6 is 0 Å². The molecule has 0 saturated heterocycles. The highest BCUT2D eigenvalue weighted by molar-refractivity contribution is 5.93. The molecule has 0 aliphatic heterocycles. The van der Waals surface area contributed by atoms with Crippen LogP contribution in [0.15, 0.2) is 36.9 Å². The molecule has 0 unspecified atom stereocenters. The number of primary amides is 1. The summed E-state index contributed by atoms with van der Waals surface area (Å²) in [5.74, 6) is -0.444. The SMILES string of the molecule is Cc1ncnc2c1ncn2-c1ccc(C(N)=O)cc1. The molecule has 0 radical (unpaired) electrons. The molecule has 0 aliphatic rings. The van der Waals surface area contributed by atoms with E-state index >= 15 is 0 Å². The Balaban J connectivity index is 2.14. The van der Waals surface area contributed by atoms with Crippen LogP contribution in [0.3, 0.4) is 0 Å². The highest BCUT2D eigenvalue weighted by Gasteiger charge is 2.09. The van der Waals surface area contributed by atoms with Gasteiger partial charge in [0.25, 0.3) is 0 Å². The van der Waals surface area contributed by atoms with E-state index in [9.17, 15) is 4.79 Å². The van der Waals surface area contributed by atoms with Crippen LogP contribution in [-0.2, 0) is 0 Å². The standard InChI is InChI=1S/C13H11N5O/c1-8-11-13(16-6-15-8)18(7-17-11)10-4-2-9(3-5-10)12(14)19/h2-7H,1H3,(H2,14,19). The number of aryl methyl sites for hydroxylation is 1. The lowest BCUT2D eigenvalue weighted by molar-refractivity contribution is 0.100. The minimum absolute atomic E-state index is 0.444. The third-order valence-corrected chi connectivity index (χ3v) is 2.95. The molecule has 6 heteroatoms. The minimum atomic E-state index is -0.444. The molecule has 0 atom stereocenters. The summed E-state index contributed by atoms with van der Waals surface area (Å²) in [7, 11) is 0. The van der Waals surface area contributed by atoms with Crippen LogP contribution in [-0.4, -0.2) is 25.4 Å². The van der Waals surface area contributed by atoms with E-state index < -0.39 is 5.91 Å². The number of imidazole rings is 1.